The van der Waals surface area contributed by atoms with Crippen molar-refractivity contribution in [3.05, 3.63) is 12.7 Å². The van der Waals surface area contributed by atoms with Crippen LogP contribution in [0.15, 0.2) is 12.7 Å². The van der Waals surface area contributed by atoms with Gasteiger partial charge < -0.3 is 10.2 Å². The van der Waals surface area contributed by atoms with Gasteiger partial charge in [0.1, 0.15) is 0 Å². The zero-order chi connectivity index (χ0) is 14.1. The summed E-state index contributed by atoms with van der Waals surface area (Å²) in [5, 5.41) is 5.69. The van der Waals surface area contributed by atoms with Gasteiger partial charge in [0.25, 0.3) is 0 Å². The Morgan fingerprint density at radius 1 is 1.22 bits per heavy atom. The predicted molar refractivity (Wildman–Crippen MR) is 73.2 cm³/mol. The van der Waals surface area contributed by atoms with Gasteiger partial charge >= 0.3 is 0 Å². The largest absolute Gasteiger partial charge is 0.351 e. The average Bonchev–Trinajstić information content (AvgIpc) is 2.36. The van der Waals surface area contributed by atoms with Crippen molar-refractivity contribution in [2.45, 2.75) is 39.8 Å². The molecule has 18 heavy (non-hydrogen) atoms. The molecule has 0 bridgehead atoms. The van der Waals surface area contributed by atoms with Crippen molar-refractivity contribution in [2.75, 3.05) is 19.6 Å². The summed E-state index contributed by atoms with van der Waals surface area (Å²) in [6.07, 6.45) is 1.62. The van der Waals surface area contributed by atoms with Crippen LogP contribution in [-0.2, 0) is 9.59 Å². The molecule has 5 heteroatoms. The zero-order valence-corrected chi connectivity index (χ0v) is 11.8. The quantitative estimate of drug-likeness (QED) is 0.622. The molecular formula is C13H25N3O2. The van der Waals surface area contributed by atoms with Crippen molar-refractivity contribution in [2.24, 2.45) is 0 Å². The first-order valence-electron chi connectivity index (χ1n) is 6.41. The smallest absolute Gasteiger partial charge is 0.239 e. The van der Waals surface area contributed by atoms with Crippen LogP contribution in [0.3, 0.4) is 0 Å². The predicted octanol–water partition coefficient (Wildman–Crippen LogP) is 0.524. The third kappa shape index (κ3) is 5.31. The molecule has 0 aromatic heterocycles. The number of rotatable bonds is 8. The van der Waals surface area contributed by atoms with Gasteiger partial charge in [-0.25, -0.2) is 0 Å². The number of nitrogens with zero attached hydrogens (tertiary/aromatic N) is 1. The van der Waals surface area contributed by atoms with Crippen LogP contribution in [0, 0.1) is 0 Å². The topological polar surface area (TPSA) is 61.4 Å². The molecule has 0 heterocycles. The molecule has 0 saturated heterocycles. The van der Waals surface area contributed by atoms with Crippen LogP contribution in [-0.4, -0.2) is 48.4 Å². The van der Waals surface area contributed by atoms with Crippen LogP contribution in [0.2, 0.25) is 0 Å². The summed E-state index contributed by atoms with van der Waals surface area (Å²) in [5.41, 5.74) is 0. The fourth-order valence-corrected chi connectivity index (χ4v) is 1.66. The fraction of sp³-hybridized carbons (Fsp3) is 0.692. The van der Waals surface area contributed by atoms with Crippen molar-refractivity contribution >= 4 is 11.8 Å². The van der Waals surface area contributed by atoms with Gasteiger partial charge in [0.2, 0.25) is 11.8 Å². The highest BCUT2D eigenvalue weighted by atomic mass is 16.2. The molecule has 0 aliphatic heterocycles. The van der Waals surface area contributed by atoms with Gasteiger partial charge in [-0.1, -0.05) is 6.08 Å². The average molecular weight is 255 g/mol. The summed E-state index contributed by atoms with van der Waals surface area (Å²) in [6, 6.07) is -0.770. The van der Waals surface area contributed by atoms with Crippen molar-refractivity contribution in [3.8, 4) is 0 Å². The second kappa shape index (κ2) is 8.69. The van der Waals surface area contributed by atoms with Crippen LogP contribution in [0.5, 0.6) is 0 Å². The number of amides is 2. The first-order chi connectivity index (χ1) is 8.47. The fourth-order valence-electron chi connectivity index (χ4n) is 1.66. The molecule has 2 N–H and O–H groups in total. The Kier molecular flexibility index (Phi) is 8.03. The Morgan fingerprint density at radius 2 is 1.78 bits per heavy atom. The molecular weight excluding hydrogens is 230 g/mol. The Bertz CT molecular complexity index is 288. The Balaban J connectivity index is 4.28. The highest BCUT2D eigenvalue weighted by Crippen LogP contribution is 1.96. The number of likely N-dealkylation sites (N-methyl/N-ethyl adjacent to an activating group) is 1. The molecule has 0 aromatic carbocycles. The lowest BCUT2D eigenvalue weighted by molar-refractivity contribution is -0.133. The molecule has 5 nitrogen and oxygen atoms in total. The van der Waals surface area contributed by atoms with E-state index in [0.29, 0.717) is 19.6 Å². The molecule has 0 fully saturated rings. The van der Waals surface area contributed by atoms with E-state index in [9.17, 15) is 9.59 Å². The van der Waals surface area contributed by atoms with Crippen molar-refractivity contribution in [3.63, 3.8) is 0 Å². The molecule has 2 atom stereocenters. The SMILES string of the molecule is C=CCNC(=O)C(C)NC(C)C(=O)N(CC)CC. The molecule has 104 valence electrons. The van der Waals surface area contributed by atoms with E-state index >= 15 is 0 Å². The van der Waals surface area contributed by atoms with Crippen LogP contribution >= 0.6 is 0 Å². The van der Waals surface area contributed by atoms with E-state index in [2.05, 4.69) is 17.2 Å². The standard InChI is InChI=1S/C13H25N3O2/c1-6-9-14-12(17)10(4)15-11(5)13(18)16(7-2)8-3/h6,10-11,15H,1,7-9H2,2-5H3,(H,14,17). The van der Waals surface area contributed by atoms with Gasteiger partial charge in [0.05, 0.1) is 12.1 Å². The van der Waals surface area contributed by atoms with Crippen molar-refractivity contribution in [1.82, 2.24) is 15.5 Å². The third-order valence-electron chi connectivity index (χ3n) is 2.76. The normalized spacial score (nSPS) is 13.6. The Hall–Kier alpha value is -1.36. The molecule has 0 radical (unpaired) electrons. The highest BCUT2D eigenvalue weighted by Gasteiger charge is 2.22. The summed E-state index contributed by atoms with van der Waals surface area (Å²) < 4.78 is 0. The van der Waals surface area contributed by atoms with Crippen LogP contribution in [0.4, 0.5) is 0 Å². The summed E-state index contributed by atoms with van der Waals surface area (Å²) in [6.45, 7) is 12.7. The van der Waals surface area contributed by atoms with Crippen LogP contribution < -0.4 is 10.6 Å². The molecule has 0 aromatic rings. The Labute approximate surface area is 110 Å². The minimum atomic E-state index is -0.403. The summed E-state index contributed by atoms with van der Waals surface area (Å²) in [5.74, 6) is -0.113. The lowest BCUT2D eigenvalue weighted by Crippen LogP contribution is -2.52. The lowest BCUT2D eigenvalue weighted by atomic mass is 10.2. The van der Waals surface area contributed by atoms with Gasteiger partial charge in [-0.05, 0) is 27.7 Å². The van der Waals surface area contributed by atoms with Crippen molar-refractivity contribution in [1.29, 1.82) is 0 Å². The number of hydrogen-bond donors (Lipinski definition) is 2. The Morgan fingerprint density at radius 3 is 2.22 bits per heavy atom. The van der Waals surface area contributed by atoms with Gasteiger partial charge in [-0.15, -0.1) is 6.58 Å². The monoisotopic (exact) mass is 255 g/mol. The van der Waals surface area contributed by atoms with Crippen LogP contribution in [0.25, 0.3) is 0 Å². The first kappa shape index (κ1) is 16.6. The molecule has 0 saturated carbocycles. The lowest BCUT2D eigenvalue weighted by Gasteiger charge is -2.25. The molecule has 2 amide bonds. The molecule has 0 aliphatic rings. The minimum absolute atomic E-state index is 0.0170. The number of carbonyl (C=O) groups is 2. The van der Waals surface area contributed by atoms with Crippen molar-refractivity contribution < 1.29 is 9.59 Å². The van der Waals surface area contributed by atoms with E-state index in [-0.39, 0.29) is 17.9 Å². The minimum Gasteiger partial charge on any atom is -0.351 e. The summed E-state index contributed by atoms with van der Waals surface area (Å²) >= 11 is 0. The zero-order valence-electron chi connectivity index (χ0n) is 11.8. The van der Waals surface area contributed by atoms with Gasteiger partial charge in [0, 0.05) is 19.6 Å². The highest BCUT2D eigenvalue weighted by molar-refractivity contribution is 5.84. The molecule has 0 aliphatic carbocycles. The van der Waals surface area contributed by atoms with E-state index in [0.717, 1.165) is 0 Å². The van der Waals surface area contributed by atoms with E-state index < -0.39 is 6.04 Å². The molecule has 0 rings (SSSR count). The second-order valence-corrected chi connectivity index (χ2v) is 4.15. The summed E-state index contributed by atoms with van der Waals surface area (Å²) in [4.78, 5) is 25.4. The van der Waals surface area contributed by atoms with Gasteiger partial charge in [-0.3, -0.25) is 14.9 Å². The number of hydrogen-bond acceptors (Lipinski definition) is 3. The maximum Gasteiger partial charge on any atom is 0.239 e. The summed E-state index contributed by atoms with van der Waals surface area (Å²) in [7, 11) is 0. The first-order valence-corrected chi connectivity index (χ1v) is 6.41. The van der Waals surface area contributed by atoms with Gasteiger partial charge in [0.15, 0.2) is 0 Å². The third-order valence-corrected chi connectivity index (χ3v) is 2.76. The molecule has 0 spiro atoms. The number of nitrogens with one attached hydrogen (secondary N) is 2. The van der Waals surface area contributed by atoms with Crippen LogP contribution in [0.1, 0.15) is 27.7 Å². The number of carbonyl (C=O) groups excluding carboxylic acids is 2. The van der Waals surface area contributed by atoms with E-state index in [1.807, 2.05) is 13.8 Å². The van der Waals surface area contributed by atoms with Gasteiger partial charge in [-0.2, -0.15) is 0 Å². The maximum absolute atomic E-state index is 12.0. The van der Waals surface area contributed by atoms with E-state index in [4.69, 9.17) is 0 Å². The maximum atomic E-state index is 12.0. The van der Waals surface area contributed by atoms with E-state index in [1.165, 1.54) is 0 Å². The second-order valence-electron chi connectivity index (χ2n) is 4.15. The molecule has 2 unspecified atom stereocenters. The van der Waals surface area contributed by atoms with E-state index in [1.54, 1.807) is 24.8 Å².